The average Bonchev–Trinajstić information content (AvgIpc) is 2.84. The van der Waals surface area contributed by atoms with Crippen molar-refractivity contribution < 1.29 is 4.79 Å². The first kappa shape index (κ1) is 22.7. The molecule has 0 aliphatic carbocycles. The maximum absolute atomic E-state index is 13.2. The zero-order valence-corrected chi connectivity index (χ0v) is 21.2. The highest BCUT2D eigenvalue weighted by Crippen LogP contribution is 2.30. The molecule has 0 aliphatic rings. The Labute approximate surface area is 206 Å². The first-order valence-electron chi connectivity index (χ1n) is 10.7. The molecule has 2 unspecified atom stereocenters. The molecule has 3 heteroatoms. The highest BCUT2D eigenvalue weighted by Gasteiger charge is 2.23. The molecule has 0 aromatic heterocycles. The molecular formula is C29H24Br2O. The number of hydrogen-bond acceptors (Lipinski definition) is 1. The molecule has 0 fully saturated rings. The van der Waals surface area contributed by atoms with Crippen LogP contribution in [0.1, 0.15) is 36.8 Å². The molecule has 0 radical (unpaired) electrons. The van der Waals surface area contributed by atoms with Crippen LogP contribution >= 0.6 is 31.9 Å². The van der Waals surface area contributed by atoms with Gasteiger partial charge in [0, 0.05) is 20.8 Å². The van der Waals surface area contributed by atoms with Crippen molar-refractivity contribution in [2.24, 2.45) is 0 Å². The fourth-order valence-corrected chi connectivity index (χ4v) is 4.45. The van der Waals surface area contributed by atoms with E-state index in [1.807, 2.05) is 38.1 Å². The Morgan fingerprint density at radius 2 is 0.750 bits per heavy atom. The van der Waals surface area contributed by atoms with Gasteiger partial charge in [-0.1, -0.05) is 119 Å². The summed E-state index contributed by atoms with van der Waals surface area (Å²) in [4.78, 5) is 13.2. The zero-order valence-electron chi connectivity index (χ0n) is 18.1. The van der Waals surface area contributed by atoms with E-state index in [-0.39, 0.29) is 17.6 Å². The van der Waals surface area contributed by atoms with Crippen LogP contribution in [0.2, 0.25) is 0 Å². The molecule has 4 aromatic carbocycles. The minimum atomic E-state index is -0.157. The maximum Gasteiger partial charge on any atom is 0.147 e. The van der Waals surface area contributed by atoms with E-state index in [1.54, 1.807) is 0 Å². The Morgan fingerprint density at radius 3 is 1.03 bits per heavy atom. The summed E-state index contributed by atoms with van der Waals surface area (Å²) < 4.78 is 2.13. The second kappa shape index (κ2) is 9.97. The predicted molar refractivity (Wildman–Crippen MR) is 141 cm³/mol. The molecule has 4 aromatic rings. The number of halogens is 2. The summed E-state index contributed by atoms with van der Waals surface area (Å²) in [5.41, 5.74) is 6.73. The molecule has 0 heterocycles. The van der Waals surface area contributed by atoms with E-state index in [4.69, 9.17) is 0 Å². The molecule has 4 rings (SSSR count). The normalized spacial score (nSPS) is 12.9. The summed E-state index contributed by atoms with van der Waals surface area (Å²) in [5.74, 6) is -0.0805. The van der Waals surface area contributed by atoms with Gasteiger partial charge in [0.1, 0.15) is 5.78 Å². The van der Waals surface area contributed by atoms with Crippen molar-refractivity contribution in [3.63, 3.8) is 0 Å². The van der Waals surface area contributed by atoms with Gasteiger partial charge in [0.05, 0.1) is 0 Å². The highest BCUT2D eigenvalue weighted by atomic mass is 79.9. The molecule has 0 N–H and O–H groups in total. The van der Waals surface area contributed by atoms with E-state index in [9.17, 15) is 4.79 Å². The van der Waals surface area contributed by atoms with E-state index in [0.717, 1.165) is 42.3 Å². The quantitative estimate of drug-likeness (QED) is 0.235. The molecule has 32 heavy (non-hydrogen) atoms. The predicted octanol–water partition coefficient (Wildman–Crippen LogP) is 9.02. The van der Waals surface area contributed by atoms with Crippen LogP contribution in [0.25, 0.3) is 22.3 Å². The van der Waals surface area contributed by atoms with Crippen molar-refractivity contribution in [1.29, 1.82) is 0 Å². The van der Waals surface area contributed by atoms with Gasteiger partial charge in [-0.05, 0) is 57.6 Å². The Bertz CT molecular complexity index is 1100. The highest BCUT2D eigenvalue weighted by molar-refractivity contribution is 9.10. The molecule has 0 bridgehead atoms. The van der Waals surface area contributed by atoms with Gasteiger partial charge >= 0.3 is 0 Å². The van der Waals surface area contributed by atoms with Crippen molar-refractivity contribution in [3.05, 3.63) is 117 Å². The number of carbonyl (C=O) groups is 1. The van der Waals surface area contributed by atoms with Crippen LogP contribution in [0.4, 0.5) is 0 Å². The lowest BCUT2D eigenvalue weighted by Gasteiger charge is -2.18. The molecule has 160 valence electrons. The standard InChI is InChI=1S/C29H24Br2O/c1-19(21-3-7-23(8-4-21)25-11-15-27(30)16-12-25)29(32)20(2)22-5-9-24(10-6-22)26-13-17-28(31)18-14-26/h3-20H,1-2H3. The largest absolute Gasteiger partial charge is 0.298 e. The number of benzene rings is 4. The van der Waals surface area contributed by atoms with Gasteiger partial charge in [0.2, 0.25) is 0 Å². The molecular weight excluding hydrogens is 524 g/mol. The van der Waals surface area contributed by atoms with Gasteiger partial charge in [-0.2, -0.15) is 0 Å². The van der Waals surface area contributed by atoms with Crippen molar-refractivity contribution >= 4 is 37.6 Å². The monoisotopic (exact) mass is 546 g/mol. The minimum absolute atomic E-state index is 0.157. The van der Waals surface area contributed by atoms with Crippen LogP contribution in [-0.4, -0.2) is 5.78 Å². The van der Waals surface area contributed by atoms with Gasteiger partial charge in [0.15, 0.2) is 0 Å². The molecule has 2 atom stereocenters. The smallest absolute Gasteiger partial charge is 0.147 e. The minimum Gasteiger partial charge on any atom is -0.298 e. The first-order valence-corrected chi connectivity index (χ1v) is 12.3. The lowest BCUT2D eigenvalue weighted by atomic mass is 9.85. The van der Waals surface area contributed by atoms with Gasteiger partial charge in [-0.15, -0.1) is 0 Å². The van der Waals surface area contributed by atoms with Crippen molar-refractivity contribution in [2.75, 3.05) is 0 Å². The van der Waals surface area contributed by atoms with Crippen LogP contribution in [0.5, 0.6) is 0 Å². The second-order valence-electron chi connectivity index (χ2n) is 8.10. The third-order valence-electron chi connectivity index (χ3n) is 6.03. The summed E-state index contributed by atoms with van der Waals surface area (Å²) in [5, 5.41) is 0. The van der Waals surface area contributed by atoms with E-state index in [2.05, 4.69) is 105 Å². The maximum atomic E-state index is 13.2. The number of carbonyl (C=O) groups excluding carboxylic acids is 1. The number of ketones is 1. The van der Waals surface area contributed by atoms with Crippen LogP contribution < -0.4 is 0 Å². The molecule has 1 nitrogen and oxygen atoms in total. The van der Waals surface area contributed by atoms with Crippen LogP contribution in [0, 0.1) is 0 Å². The van der Waals surface area contributed by atoms with Gasteiger partial charge < -0.3 is 0 Å². The fourth-order valence-electron chi connectivity index (χ4n) is 3.92. The molecule has 0 amide bonds. The Morgan fingerprint density at radius 1 is 0.500 bits per heavy atom. The molecule has 0 aliphatic heterocycles. The summed E-state index contributed by atoms with van der Waals surface area (Å²) >= 11 is 6.95. The van der Waals surface area contributed by atoms with Crippen LogP contribution in [0.3, 0.4) is 0 Å². The SMILES string of the molecule is CC(C(=O)C(C)c1ccc(-c2ccc(Br)cc2)cc1)c1ccc(-c2ccc(Br)cc2)cc1. The zero-order chi connectivity index (χ0) is 22.7. The summed E-state index contributed by atoms with van der Waals surface area (Å²) in [7, 11) is 0. The van der Waals surface area contributed by atoms with E-state index < -0.39 is 0 Å². The molecule has 0 spiro atoms. The Hall–Kier alpha value is -2.49. The third-order valence-corrected chi connectivity index (χ3v) is 7.09. The van der Waals surface area contributed by atoms with Gasteiger partial charge in [0.25, 0.3) is 0 Å². The number of Topliss-reactive ketones (excluding diaryl/α,β-unsaturated/α-hetero) is 1. The van der Waals surface area contributed by atoms with Crippen molar-refractivity contribution in [1.82, 2.24) is 0 Å². The summed E-state index contributed by atoms with van der Waals surface area (Å²) in [6.45, 7) is 4.01. The third kappa shape index (κ3) is 5.11. The van der Waals surface area contributed by atoms with Gasteiger partial charge in [-0.25, -0.2) is 0 Å². The molecule has 0 saturated heterocycles. The van der Waals surface area contributed by atoms with Gasteiger partial charge in [-0.3, -0.25) is 4.79 Å². The number of hydrogen-bond donors (Lipinski definition) is 0. The lowest BCUT2D eigenvalue weighted by molar-refractivity contribution is -0.121. The topological polar surface area (TPSA) is 17.1 Å². The van der Waals surface area contributed by atoms with Crippen LogP contribution in [-0.2, 0) is 4.79 Å². The van der Waals surface area contributed by atoms with Crippen molar-refractivity contribution in [2.45, 2.75) is 25.7 Å². The number of rotatable bonds is 6. The van der Waals surface area contributed by atoms with E-state index in [0.29, 0.717) is 0 Å². The lowest BCUT2D eigenvalue weighted by Crippen LogP contribution is -2.16. The second-order valence-corrected chi connectivity index (χ2v) is 9.93. The van der Waals surface area contributed by atoms with E-state index >= 15 is 0 Å². The average molecular weight is 548 g/mol. The summed E-state index contributed by atoms with van der Waals surface area (Å²) in [6, 6.07) is 33.2. The van der Waals surface area contributed by atoms with Crippen LogP contribution in [0.15, 0.2) is 106 Å². The Balaban J connectivity index is 1.47. The fraction of sp³-hybridized carbons (Fsp3) is 0.138. The summed E-state index contributed by atoms with van der Waals surface area (Å²) in [6.07, 6.45) is 0. The van der Waals surface area contributed by atoms with E-state index in [1.165, 1.54) is 0 Å². The molecule has 0 saturated carbocycles. The first-order chi connectivity index (χ1) is 15.4. The van der Waals surface area contributed by atoms with Crippen molar-refractivity contribution in [3.8, 4) is 22.3 Å². The Kier molecular flexibility index (Phi) is 7.07.